The fourth-order valence-corrected chi connectivity index (χ4v) is 2.91. The lowest BCUT2D eigenvalue weighted by molar-refractivity contribution is 0.552. The van der Waals surface area contributed by atoms with Crippen molar-refractivity contribution in [2.24, 2.45) is 0 Å². The van der Waals surface area contributed by atoms with Crippen LogP contribution in [-0.4, -0.2) is 36.5 Å². The van der Waals surface area contributed by atoms with Gasteiger partial charge in [0, 0.05) is 19.3 Å². The lowest BCUT2D eigenvalue weighted by atomic mass is 10.2. The van der Waals surface area contributed by atoms with Crippen LogP contribution in [0.5, 0.6) is 0 Å². The molecular formula is C13H19N5O2S. The fraction of sp³-hybridized carbons (Fsp3) is 0.385. The van der Waals surface area contributed by atoms with Gasteiger partial charge in [-0.15, -0.1) is 5.10 Å². The molecule has 0 fully saturated rings. The Labute approximate surface area is 124 Å². The molecule has 0 aliphatic carbocycles. The summed E-state index contributed by atoms with van der Waals surface area (Å²) in [5.41, 5.74) is 0.941. The monoisotopic (exact) mass is 309 g/mol. The van der Waals surface area contributed by atoms with Gasteiger partial charge in [-0.1, -0.05) is 24.3 Å². The van der Waals surface area contributed by atoms with Crippen molar-refractivity contribution >= 4 is 10.0 Å². The summed E-state index contributed by atoms with van der Waals surface area (Å²) in [6.07, 6.45) is 3.24. The predicted molar refractivity (Wildman–Crippen MR) is 79.0 cm³/mol. The quantitative estimate of drug-likeness (QED) is 0.735. The number of nitrogens with one attached hydrogen (secondary N) is 2. The Morgan fingerprint density at radius 3 is 2.90 bits per heavy atom. The van der Waals surface area contributed by atoms with Gasteiger partial charge in [-0.05, 0) is 24.2 Å². The van der Waals surface area contributed by atoms with Crippen LogP contribution in [0.2, 0.25) is 0 Å². The molecule has 21 heavy (non-hydrogen) atoms. The second kappa shape index (κ2) is 7.30. The van der Waals surface area contributed by atoms with Gasteiger partial charge in [0.25, 0.3) is 0 Å². The summed E-state index contributed by atoms with van der Waals surface area (Å²) in [6, 6.07) is 6.92. The highest BCUT2D eigenvalue weighted by atomic mass is 32.2. The number of hydrogen-bond acceptors (Lipinski definition) is 5. The van der Waals surface area contributed by atoms with E-state index in [-0.39, 0.29) is 11.4 Å². The summed E-state index contributed by atoms with van der Waals surface area (Å²) < 4.78 is 28.6. The lowest BCUT2D eigenvalue weighted by Crippen LogP contribution is -2.27. The van der Waals surface area contributed by atoms with E-state index in [0.29, 0.717) is 13.1 Å². The van der Waals surface area contributed by atoms with Crippen molar-refractivity contribution in [3.8, 4) is 0 Å². The molecule has 114 valence electrons. The molecule has 0 bridgehead atoms. The van der Waals surface area contributed by atoms with Gasteiger partial charge in [0.05, 0.1) is 17.6 Å². The van der Waals surface area contributed by atoms with Gasteiger partial charge in [-0.2, -0.15) is 0 Å². The van der Waals surface area contributed by atoms with Crippen molar-refractivity contribution in [1.29, 1.82) is 0 Å². The van der Waals surface area contributed by atoms with E-state index in [4.69, 9.17) is 0 Å². The highest BCUT2D eigenvalue weighted by molar-refractivity contribution is 7.89. The summed E-state index contributed by atoms with van der Waals surface area (Å²) in [7, 11) is -3.50. The van der Waals surface area contributed by atoms with Gasteiger partial charge >= 0.3 is 0 Å². The molecule has 0 unspecified atom stereocenters. The second-order valence-corrected chi connectivity index (χ2v) is 6.26. The highest BCUT2D eigenvalue weighted by Gasteiger charge is 2.13. The third-order valence-electron chi connectivity index (χ3n) is 2.89. The standard InChI is InChI=1S/C13H19N5O2S/c1-2-14-11-12-4-3-5-13(10-12)21(19,20)16-7-9-18-8-6-15-17-18/h3-6,8,10,14,16H,2,7,9,11H2,1H3. The van der Waals surface area contributed by atoms with E-state index in [2.05, 4.69) is 20.4 Å². The Morgan fingerprint density at radius 1 is 1.33 bits per heavy atom. The van der Waals surface area contributed by atoms with E-state index < -0.39 is 10.0 Å². The van der Waals surface area contributed by atoms with Gasteiger partial charge in [0.2, 0.25) is 10.0 Å². The third-order valence-corrected chi connectivity index (χ3v) is 4.35. The van der Waals surface area contributed by atoms with Crippen LogP contribution in [0.25, 0.3) is 0 Å². The molecule has 0 atom stereocenters. The van der Waals surface area contributed by atoms with Gasteiger partial charge in [-0.3, -0.25) is 4.68 Å². The molecule has 0 spiro atoms. The zero-order valence-electron chi connectivity index (χ0n) is 11.9. The first-order valence-electron chi connectivity index (χ1n) is 6.75. The number of nitrogens with zero attached hydrogens (tertiary/aromatic N) is 3. The van der Waals surface area contributed by atoms with Crippen LogP contribution < -0.4 is 10.0 Å². The van der Waals surface area contributed by atoms with Crippen molar-refractivity contribution in [2.45, 2.75) is 24.9 Å². The Morgan fingerprint density at radius 2 is 2.19 bits per heavy atom. The first-order valence-corrected chi connectivity index (χ1v) is 8.23. The molecule has 0 amide bonds. The fourth-order valence-electron chi connectivity index (χ4n) is 1.82. The topological polar surface area (TPSA) is 88.9 Å². The molecule has 1 heterocycles. The summed E-state index contributed by atoms with van der Waals surface area (Å²) >= 11 is 0. The summed E-state index contributed by atoms with van der Waals surface area (Å²) in [5.74, 6) is 0. The van der Waals surface area contributed by atoms with E-state index in [1.165, 1.54) is 0 Å². The molecule has 8 heteroatoms. The van der Waals surface area contributed by atoms with E-state index >= 15 is 0 Å². The molecule has 0 aliphatic heterocycles. The number of hydrogen-bond donors (Lipinski definition) is 2. The van der Waals surface area contributed by atoms with Gasteiger partial charge in [0.1, 0.15) is 0 Å². The van der Waals surface area contributed by atoms with Crippen LogP contribution in [0, 0.1) is 0 Å². The summed E-state index contributed by atoms with van der Waals surface area (Å²) in [6.45, 7) is 4.21. The first kappa shape index (κ1) is 15.6. The Bertz CT molecular complexity index is 655. The minimum atomic E-state index is -3.50. The molecule has 1 aromatic carbocycles. The van der Waals surface area contributed by atoms with Crippen LogP contribution in [0.15, 0.2) is 41.6 Å². The normalized spacial score (nSPS) is 11.7. The maximum absolute atomic E-state index is 12.2. The molecule has 0 saturated heterocycles. The van der Waals surface area contributed by atoms with Crippen LogP contribution in [0.4, 0.5) is 0 Å². The van der Waals surface area contributed by atoms with Crippen molar-refractivity contribution in [3.05, 3.63) is 42.2 Å². The van der Waals surface area contributed by atoms with Crippen LogP contribution in [-0.2, 0) is 23.1 Å². The van der Waals surface area contributed by atoms with Crippen LogP contribution >= 0.6 is 0 Å². The number of rotatable bonds is 8. The molecule has 2 rings (SSSR count). The number of aromatic nitrogens is 3. The molecule has 0 radical (unpaired) electrons. The zero-order valence-corrected chi connectivity index (χ0v) is 12.7. The van der Waals surface area contributed by atoms with Crippen molar-refractivity contribution in [3.63, 3.8) is 0 Å². The molecule has 7 nitrogen and oxygen atoms in total. The lowest BCUT2D eigenvalue weighted by Gasteiger charge is -2.08. The van der Waals surface area contributed by atoms with Gasteiger partial charge in [0.15, 0.2) is 0 Å². The van der Waals surface area contributed by atoms with E-state index in [9.17, 15) is 8.42 Å². The molecule has 0 saturated carbocycles. The van der Waals surface area contributed by atoms with Crippen LogP contribution in [0.1, 0.15) is 12.5 Å². The molecule has 0 aliphatic rings. The predicted octanol–water partition coefficient (Wildman–Crippen LogP) is 0.366. The molecule has 1 aromatic heterocycles. The maximum atomic E-state index is 12.2. The molecule has 2 N–H and O–H groups in total. The average molecular weight is 309 g/mol. The average Bonchev–Trinajstić information content (AvgIpc) is 2.98. The number of benzene rings is 1. The van der Waals surface area contributed by atoms with Crippen molar-refractivity contribution < 1.29 is 8.42 Å². The van der Waals surface area contributed by atoms with Gasteiger partial charge < -0.3 is 5.32 Å². The summed E-state index contributed by atoms with van der Waals surface area (Å²) in [4.78, 5) is 0.275. The Hall–Kier alpha value is -1.77. The van der Waals surface area contributed by atoms with E-state index in [1.54, 1.807) is 35.3 Å². The van der Waals surface area contributed by atoms with Crippen molar-refractivity contribution in [1.82, 2.24) is 25.0 Å². The minimum Gasteiger partial charge on any atom is -0.313 e. The largest absolute Gasteiger partial charge is 0.313 e. The smallest absolute Gasteiger partial charge is 0.240 e. The van der Waals surface area contributed by atoms with Gasteiger partial charge in [-0.25, -0.2) is 13.1 Å². The zero-order chi connectivity index (χ0) is 15.1. The minimum absolute atomic E-state index is 0.267. The summed E-state index contributed by atoms with van der Waals surface area (Å²) in [5, 5.41) is 10.6. The maximum Gasteiger partial charge on any atom is 0.240 e. The number of sulfonamides is 1. The second-order valence-electron chi connectivity index (χ2n) is 4.49. The molecular weight excluding hydrogens is 290 g/mol. The molecule has 2 aromatic rings. The Kier molecular flexibility index (Phi) is 5.43. The first-order chi connectivity index (χ1) is 10.1. The Balaban J connectivity index is 1.98. The van der Waals surface area contributed by atoms with Crippen molar-refractivity contribution in [2.75, 3.05) is 13.1 Å². The third kappa shape index (κ3) is 4.62. The highest BCUT2D eigenvalue weighted by Crippen LogP contribution is 2.11. The SMILES string of the molecule is CCNCc1cccc(S(=O)(=O)NCCn2ccnn2)c1. The van der Waals surface area contributed by atoms with E-state index in [0.717, 1.165) is 12.1 Å². The van der Waals surface area contributed by atoms with Crippen LogP contribution in [0.3, 0.4) is 0 Å². The van der Waals surface area contributed by atoms with E-state index in [1.807, 2.05) is 13.0 Å².